The molecule has 0 radical (unpaired) electrons. The van der Waals surface area contributed by atoms with Gasteiger partial charge in [0.25, 0.3) is 5.91 Å². The highest BCUT2D eigenvalue weighted by atomic mass is 32.2. The summed E-state index contributed by atoms with van der Waals surface area (Å²) >= 11 is 1.55. The number of quaternary nitrogens is 1. The van der Waals surface area contributed by atoms with Crippen molar-refractivity contribution in [1.82, 2.24) is 0 Å². The molecule has 0 aromatic heterocycles. The van der Waals surface area contributed by atoms with Crippen molar-refractivity contribution in [1.29, 1.82) is 0 Å². The SMILES string of the molecule is COc1ccc([C@@H]2Sc3ccccc3N(CC[N+](C)(C)CCc3cccc(OC)c3)C(=O)[C@@H]2OC(C)=O)cc1. The number of anilines is 1. The number of ether oxygens (including phenoxy) is 3. The van der Waals surface area contributed by atoms with Crippen molar-refractivity contribution in [2.24, 2.45) is 0 Å². The number of methoxy groups -OCH3 is 2. The summed E-state index contributed by atoms with van der Waals surface area (Å²) in [5.74, 6) is 0.887. The number of nitrogens with zero attached hydrogens (tertiary/aromatic N) is 2. The monoisotopic (exact) mass is 549 g/mol. The van der Waals surface area contributed by atoms with Gasteiger partial charge >= 0.3 is 5.97 Å². The summed E-state index contributed by atoms with van der Waals surface area (Å²) in [6.07, 6.45) is -0.0686. The van der Waals surface area contributed by atoms with Gasteiger partial charge in [-0.3, -0.25) is 9.59 Å². The van der Waals surface area contributed by atoms with Crippen molar-refractivity contribution < 1.29 is 28.3 Å². The number of likely N-dealkylation sites (N-methyl/N-ethyl adjacent to an activating group) is 1. The summed E-state index contributed by atoms with van der Waals surface area (Å²) < 4.78 is 17.1. The molecule has 0 unspecified atom stereocenters. The van der Waals surface area contributed by atoms with Gasteiger partial charge in [-0.15, -0.1) is 11.8 Å². The molecule has 4 rings (SSSR count). The fourth-order valence-electron chi connectivity index (χ4n) is 4.68. The van der Waals surface area contributed by atoms with Crippen LogP contribution in [0.5, 0.6) is 11.5 Å². The summed E-state index contributed by atoms with van der Waals surface area (Å²) in [4.78, 5) is 29.1. The minimum absolute atomic E-state index is 0.212. The molecule has 0 bridgehead atoms. The highest BCUT2D eigenvalue weighted by molar-refractivity contribution is 7.99. The average molecular weight is 550 g/mol. The first-order valence-electron chi connectivity index (χ1n) is 13.0. The van der Waals surface area contributed by atoms with Crippen molar-refractivity contribution in [3.05, 3.63) is 83.9 Å². The highest BCUT2D eigenvalue weighted by Gasteiger charge is 2.41. The highest BCUT2D eigenvalue weighted by Crippen LogP contribution is 2.46. The van der Waals surface area contributed by atoms with E-state index in [1.54, 1.807) is 30.9 Å². The molecule has 0 saturated heterocycles. The number of benzene rings is 3. The van der Waals surface area contributed by atoms with E-state index in [0.717, 1.165) is 51.6 Å². The molecule has 7 nitrogen and oxygen atoms in total. The lowest BCUT2D eigenvalue weighted by atomic mass is 10.1. The van der Waals surface area contributed by atoms with E-state index < -0.39 is 17.3 Å². The molecule has 8 heteroatoms. The lowest BCUT2D eigenvalue weighted by Gasteiger charge is -2.34. The zero-order chi connectivity index (χ0) is 28.0. The lowest BCUT2D eigenvalue weighted by molar-refractivity contribution is -0.888. The average Bonchev–Trinajstić information content (AvgIpc) is 3.05. The molecule has 2 atom stereocenters. The number of carbonyl (C=O) groups excluding carboxylic acids is 2. The quantitative estimate of drug-likeness (QED) is 0.258. The number of carbonyl (C=O) groups is 2. The van der Waals surface area contributed by atoms with Crippen LogP contribution in [-0.2, 0) is 20.7 Å². The normalized spacial score (nSPS) is 17.3. The van der Waals surface area contributed by atoms with Crippen LogP contribution in [0.2, 0.25) is 0 Å². The van der Waals surface area contributed by atoms with Gasteiger partial charge in [-0.05, 0) is 47.5 Å². The molecule has 0 N–H and O–H groups in total. The van der Waals surface area contributed by atoms with Crippen molar-refractivity contribution in [2.75, 3.05) is 52.8 Å². The molecular weight excluding hydrogens is 512 g/mol. The van der Waals surface area contributed by atoms with Gasteiger partial charge in [-0.25, -0.2) is 0 Å². The van der Waals surface area contributed by atoms with Crippen molar-refractivity contribution in [2.45, 2.75) is 29.6 Å². The maximum Gasteiger partial charge on any atom is 0.303 e. The van der Waals surface area contributed by atoms with Crippen LogP contribution in [0.4, 0.5) is 5.69 Å². The molecule has 3 aromatic carbocycles. The van der Waals surface area contributed by atoms with E-state index in [4.69, 9.17) is 14.2 Å². The van der Waals surface area contributed by atoms with Gasteiger partial charge in [0.1, 0.15) is 11.5 Å². The van der Waals surface area contributed by atoms with Gasteiger partial charge in [0.2, 0.25) is 0 Å². The van der Waals surface area contributed by atoms with E-state index in [1.807, 2.05) is 60.7 Å². The maximum atomic E-state index is 14.1. The topological polar surface area (TPSA) is 65.1 Å². The first kappa shape index (κ1) is 28.5. The van der Waals surface area contributed by atoms with Gasteiger partial charge in [0.15, 0.2) is 6.10 Å². The van der Waals surface area contributed by atoms with Crippen LogP contribution in [0.1, 0.15) is 23.3 Å². The van der Waals surface area contributed by atoms with Gasteiger partial charge < -0.3 is 23.6 Å². The summed E-state index contributed by atoms with van der Waals surface area (Å²) in [5, 5.41) is -0.394. The van der Waals surface area contributed by atoms with Crippen molar-refractivity contribution >= 4 is 29.3 Å². The first-order valence-corrected chi connectivity index (χ1v) is 13.9. The number of esters is 1. The smallest absolute Gasteiger partial charge is 0.303 e. The van der Waals surface area contributed by atoms with E-state index in [1.165, 1.54) is 12.5 Å². The Bertz CT molecular complexity index is 1290. The number of para-hydroxylation sites is 1. The standard InChI is InChI=1S/C31H37N2O5S/c1-22(34)38-29-30(24-13-15-25(36-4)16-14-24)39-28-12-7-6-11-27(28)32(31(29)35)18-20-33(2,3)19-17-23-9-8-10-26(21-23)37-5/h6-16,21,29-30H,17-20H2,1-5H3/q+1/t29-,30+/m1/s1. The Morgan fingerprint density at radius 1 is 0.923 bits per heavy atom. The molecule has 206 valence electrons. The molecule has 0 fully saturated rings. The minimum Gasteiger partial charge on any atom is -0.497 e. The van der Waals surface area contributed by atoms with E-state index in [-0.39, 0.29) is 5.91 Å². The predicted octanol–water partition coefficient (Wildman–Crippen LogP) is 5.13. The van der Waals surface area contributed by atoms with Crippen LogP contribution >= 0.6 is 11.8 Å². The number of hydrogen-bond donors (Lipinski definition) is 0. The molecule has 3 aromatic rings. The van der Waals surface area contributed by atoms with E-state index in [2.05, 4.69) is 26.2 Å². The predicted molar refractivity (Wildman–Crippen MR) is 154 cm³/mol. The lowest BCUT2D eigenvalue weighted by Crippen LogP contribution is -2.50. The Morgan fingerprint density at radius 2 is 1.64 bits per heavy atom. The summed E-state index contributed by atoms with van der Waals surface area (Å²) in [6.45, 7) is 3.47. The summed E-state index contributed by atoms with van der Waals surface area (Å²) in [7, 11) is 7.64. The number of hydrogen-bond acceptors (Lipinski definition) is 6. The Kier molecular flexibility index (Phi) is 9.20. The van der Waals surface area contributed by atoms with E-state index in [0.29, 0.717) is 6.54 Å². The molecular formula is C31H37N2O5S+. The third-order valence-corrected chi connectivity index (χ3v) is 8.37. The van der Waals surface area contributed by atoms with Gasteiger partial charge in [-0.2, -0.15) is 0 Å². The molecule has 0 saturated carbocycles. The zero-order valence-corrected chi connectivity index (χ0v) is 24.1. The second-order valence-corrected chi connectivity index (χ2v) is 11.5. The van der Waals surface area contributed by atoms with Crippen molar-refractivity contribution in [3.63, 3.8) is 0 Å². The molecule has 39 heavy (non-hydrogen) atoms. The molecule has 1 amide bonds. The molecule has 1 aliphatic rings. The molecule has 1 aliphatic heterocycles. The second kappa shape index (κ2) is 12.6. The van der Waals surface area contributed by atoms with Crippen LogP contribution in [-0.4, -0.2) is 70.4 Å². The summed E-state index contributed by atoms with van der Waals surface area (Å²) in [6, 6.07) is 23.6. The minimum atomic E-state index is -0.958. The number of thioether (sulfide) groups is 1. The van der Waals surface area contributed by atoms with E-state index in [9.17, 15) is 9.59 Å². The van der Waals surface area contributed by atoms with Gasteiger partial charge in [0.05, 0.1) is 58.9 Å². The first-order chi connectivity index (χ1) is 18.7. The Hall–Kier alpha value is -3.49. The number of fused-ring (bicyclic) bond motifs is 1. The molecule has 1 heterocycles. The van der Waals surface area contributed by atoms with Crippen LogP contribution in [0.3, 0.4) is 0 Å². The fourth-order valence-corrected chi connectivity index (χ4v) is 6.00. The fraction of sp³-hybridized carbons (Fsp3) is 0.355. The largest absolute Gasteiger partial charge is 0.497 e. The summed E-state index contributed by atoms with van der Waals surface area (Å²) in [5.41, 5.74) is 2.95. The third-order valence-electron chi connectivity index (χ3n) is 7.00. The Morgan fingerprint density at radius 3 is 2.33 bits per heavy atom. The Labute approximate surface area is 235 Å². The Balaban J connectivity index is 1.58. The number of amides is 1. The second-order valence-electron chi connectivity index (χ2n) is 10.3. The van der Waals surface area contributed by atoms with Crippen LogP contribution in [0.15, 0.2) is 77.7 Å². The molecule has 0 spiro atoms. The van der Waals surface area contributed by atoms with Crippen LogP contribution in [0.25, 0.3) is 0 Å². The van der Waals surface area contributed by atoms with Gasteiger partial charge in [-0.1, -0.05) is 36.4 Å². The molecule has 0 aliphatic carbocycles. The van der Waals surface area contributed by atoms with Gasteiger partial charge in [0, 0.05) is 18.2 Å². The van der Waals surface area contributed by atoms with Crippen molar-refractivity contribution in [3.8, 4) is 11.5 Å². The third kappa shape index (κ3) is 7.13. The van der Waals surface area contributed by atoms with Crippen LogP contribution in [0, 0.1) is 0 Å². The number of rotatable bonds is 10. The van der Waals surface area contributed by atoms with Crippen LogP contribution < -0.4 is 14.4 Å². The zero-order valence-electron chi connectivity index (χ0n) is 23.3. The maximum absolute atomic E-state index is 14.1. The van der Waals surface area contributed by atoms with E-state index >= 15 is 0 Å².